The molecule has 6 heteroatoms. The van der Waals surface area contributed by atoms with Crippen LogP contribution in [-0.2, 0) is 5.41 Å². The number of H-pyrrole nitrogens is 1. The van der Waals surface area contributed by atoms with Gasteiger partial charge in [0.2, 0.25) is 0 Å². The van der Waals surface area contributed by atoms with E-state index in [0.717, 1.165) is 16.5 Å². The molecule has 154 valence electrons. The molecule has 3 aromatic rings. The fraction of sp³-hybridized carbons (Fsp3) is 0.292. The second-order valence-electron chi connectivity index (χ2n) is 8.53. The van der Waals surface area contributed by atoms with Crippen molar-refractivity contribution in [2.24, 2.45) is 0 Å². The SMILES string of the molecule is C=C1C2(O)CCC(NC(=O)c3c[nH]c4ccccc34)CC12c1c(C)ccc(O)c1O. The first-order valence-electron chi connectivity index (χ1n) is 10.1. The van der Waals surface area contributed by atoms with Gasteiger partial charge in [0.25, 0.3) is 5.91 Å². The monoisotopic (exact) mass is 404 g/mol. The summed E-state index contributed by atoms with van der Waals surface area (Å²) >= 11 is 0. The number of benzene rings is 2. The molecule has 5 rings (SSSR count). The van der Waals surface area contributed by atoms with Crippen LogP contribution in [-0.4, -0.2) is 37.9 Å². The number of para-hydroxylation sites is 1. The summed E-state index contributed by atoms with van der Waals surface area (Å²) < 4.78 is 0. The van der Waals surface area contributed by atoms with Gasteiger partial charge in [0, 0.05) is 28.7 Å². The molecule has 0 saturated heterocycles. The molecule has 1 aromatic heterocycles. The first-order chi connectivity index (χ1) is 14.3. The van der Waals surface area contributed by atoms with Crippen molar-refractivity contribution < 1.29 is 20.1 Å². The molecule has 0 bridgehead atoms. The number of aromatic nitrogens is 1. The van der Waals surface area contributed by atoms with E-state index in [-0.39, 0.29) is 23.4 Å². The molecule has 2 aromatic carbocycles. The third-order valence-corrected chi connectivity index (χ3v) is 7.03. The third kappa shape index (κ3) is 2.31. The molecular formula is C24H24N2O4. The van der Waals surface area contributed by atoms with Crippen molar-refractivity contribution in [2.75, 3.05) is 0 Å². The average Bonchev–Trinajstić information content (AvgIpc) is 3.04. The molecule has 3 atom stereocenters. The zero-order valence-corrected chi connectivity index (χ0v) is 16.7. The Hall–Kier alpha value is -3.25. The Kier molecular flexibility index (Phi) is 3.83. The van der Waals surface area contributed by atoms with Gasteiger partial charge in [-0.3, -0.25) is 4.79 Å². The van der Waals surface area contributed by atoms with Gasteiger partial charge in [0.05, 0.1) is 11.0 Å². The van der Waals surface area contributed by atoms with Crippen LogP contribution in [0.5, 0.6) is 11.5 Å². The van der Waals surface area contributed by atoms with Crippen LogP contribution in [0.2, 0.25) is 0 Å². The normalized spacial score (nSPS) is 27.7. The van der Waals surface area contributed by atoms with E-state index in [1.807, 2.05) is 31.2 Å². The van der Waals surface area contributed by atoms with Gasteiger partial charge in [0.1, 0.15) is 5.60 Å². The quantitative estimate of drug-likeness (QED) is 0.341. The van der Waals surface area contributed by atoms with Gasteiger partial charge in [0.15, 0.2) is 11.5 Å². The number of fused-ring (bicyclic) bond motifs is 2. The lowest BCUT2D eigenvalue weighted by Gasteiger charge is -2.33. The number of hydrogen-bond acceptors (Lipinski definition) is 4. The number of hydrogen-bond donors (Lipinski definition) is 5. The summed E-state index contributed by atoms with van der Waals surface area (Å²) in [6, 6.07) is 10.6. The number of rotatable bonds is 3. The van der Waals surface area contributed by atoms with Gasteiger partial charge in [-0.05, 0) is 49.5 Å². The van der Waals surface area contributed by atoms with Crippen LogP contribution < -0.4 is 5.32 Å². The minimum atomic E-state index is -1.13. The van der Waals surface area contributed by atoms with Crippen LogP contribution in [0.25, 0.3) is 10.9 Å². The summed E-state index contributed by atoms with van der Waals surface area (Å²) in [6.45, 7) is 5.92. The minimum absolute atomic E-state index is 0.179. The average molecular weight is 404 g/mol. The van der Waals surface area contributed by atoms with Crippen molar-refractivity contribution in [3.05, 3.63) is 71.4 Å². The minimum Gasteiger partial charge on any atom is -0.504 e. The van der Waals surface area contributed by atoms with Crippen molar-refractivity contribution in [3.8, 4) is 11.5 Å². The van der Waals surface area contributed by atoms with Crippen LogP contribution in [0.4, 0.5) is 0 Å². The highest BCUT2D eigenvalue weighted by molar-refractivity contribution is 6.06. The van der Waals surface area contributed by atoms with Crippen molar-refractivity contribution in [1.29, 1.82) is 0 Å². The van der Waals surface area contributed by atoms with Gasteiger partial charge in [-0.15, -0.1) is 0 Å². The number of aromatic hydroxyl groups is 2. The number of aromatic amines is 1. The molecule has 0 spiro atoms. The second kappa shape index (κ2) is 6.12. The van der Waals surface area contributed by atoms with Gasteiger partial charge in [-0.1, -0.05) is 30.8 Å². The molecule has 1 amide bonds. The highest BCUT2D eigenvalue weighted by Crippen LogP contribution is 2.71. The Morgan fingerprint density at radius 1 is 1.23 bits per heavy atom. The lowest BCUT2D eigenvalue weighted by Crippen LogP contribution is -2.44. The maximum atomic E-state index is 13.0. The number of aryl methyl sites for hydroxylation is 1. The Balaban J connectivity index is 1.47. The standard InChI is InChI=1S/C24H24N2O4/c1-13-7-8-19(27)21(28)20(13)23-11-15(9-10-24(23,30)14(23)2)26-22(29)17-12-25-18-6-4-3-5-16(17)18/h3-8,12,15,25,27-28,30H,2,9-11H2,1H3,(H,26,29). The number of phenolic OH excluding ortho intramolecular Hbond substituents is 2. The summed E-state index contributed by atoms with van der Waals surface area (Å²) in [4.78, 5) is 16.1. The Labute approximate surface area is 173 Å². The fourth-order valence-corrected chi connectivity index (χ4v) is 5.41. The zero-order chi connectivity index (χ0) is 21.3. The Morgan fingerprint density at radius 2 is 2.00 bits per heavy atom. The molecule has 2 aliphatic carbocycles. The number of nitrogens with one attached hydrogen (secondary N) is 2. The lowest BCUT2D eigenvalue weighted by molar-refractivity contribution is 0.0737. The maximum Gasteiger partial charge on any atom is 0.253 e. The molecule has 1 heterocycles. The predicted molar refractivity (Wildman–Crippen MR) is 114 cm³/mol. The lowest BCUT2D eigenvalue weighted by atomic mass is 9.76. The second-order valence-corrected chi connectivity index (χ2v) is 8.53. The molecule has 5 N–H and O–H groups in total. The summed E-state index contributed by atoms with van der Waals surface area (Å²) in [5, 5.41) is 35.8. The van der Waals surface area contributed by atoms with Gasteiger partial charge in [-0.2, -0.15) is 0 Å². The van der Waals surface area contributed by atoms with Crippen LogP contribution in [0.15, 0.2) is 54.7 Å². The maximum absolute atomic E-state index is 13.0. The summed E-state index contributed by atoms with van der Waals surface area (Å²) in [7, 11) is 0. The molecule has 30 heavy (non-hydrogen) atoms. The van der Waals surface area contributed by atoms with E-state index in [1.165, 1.54) is 6.07 Å². The molecule has 3 unspecified atom stereocenters. The van der Waals surface area contributed by atoms with Crippen molar-refractivity contribution in [2.45, 2.75) is 43.2 Å². The fourth-order valence-electron chi connectivity index (χ4n) is 5.41. The number of carbonyl (C=O) groups is 1. The molecule has 0 aliphatic heterocycles. The molecule has 2 saturated carbocycles. The van der Waals surface area contributed by atoms with Crippen molar-refractivity contribution in [3.63, 3.8) is 0 Å². The van der Waals surface area contributed by atoms with E-state index in [1.54, 1.807) is 12.3 Å². The summed E-state index contributed by atoms with van der Waals surface area (Å²) in [5.41, 5.74) is 1.36. The topological polar surface area (TPSA) is 106 Å². The summed E-state index contributed by atoms with van der Waals surface area (Å²) in [6.07, 6.45) is 3.15. The third-order valence-electron chi connectivity index (χ3n) is 7.03. The molecule has 0 radical (unpaired) electrons. The first-order valence-corrected chi connectivity index (χ1v) is 10.1. The largest absolute Gasteiger partial charge is 0.504 e. The van der Waals surface area contributed by atoms with Crippen LogP contribution in [0, 0.1) is 6.92 Å². The number of aliphatic hydroxyl groups is 1. The van der Waals surface area contributed by atoms with E-state index >= 15 is 0 Å². The molecule has 2 fully saturated rings. The first kappa shape index (κ1) is 18.8. The van der Waals surface area contributed by atoms with Crippen LogP contribution >= 0.6 is 0 Å². The number of amides is 1. The van der Waals surface area contributed by atoms with E-state index < -0.39 is 11.0 Å². The molecular weight excluding hydrogens is 380 g/mol. The van der Waals surface area contributed by atoms with Crippen molar-refractivity contribution in [1.82, 2.24) is 10.3 Å². The molecule has 2 aliphatic rings. The zero-order valence-electron chi connectivity index (χ0n) is 16.7. The number of phenols is 2. The highest BCUT2D eigenvalue weighted by atomic mass is 16.3. The van der Waals surface area contributed by atoms with Gasteiger partial charge in [-0.25, -0.2) is 0 Å². The van der Waals surface area contributed by atoms with E-state index in [0.29, 0.717) is 36.0 Å². The van der Waals surface area contributed by atoms with E-state index in [9.17, 15) is 20.1 Å². The highest BCUT2D eigenvalue weighted by Gasteiger charge is 2.74. The van der Waals surface area contributed by atoms with Gasteiger partial charge < -0.3 is 25.6 Å². The predicted octanol–water partition coefficient (Wildman–Crippen LogP) is 3.41. The van der Waals surface area contributed by atoms with Crippen LogP contribution in [0.3, 0.4) is 0 Å². The van der Waals surface area contributed by atoms with Gasteiger partial charge >= 0.3 is 0 Å². The number of carbonyl (C=O) groups excluding carboxylic acids is 1. The molecule has 6 nitrogen and oxygen atoms in total. The van der Waals surface area contributed by atoms with Crippen molar-refractivity contribution >= 4 is 16.8 Å². The smallest absolute Gasteiger partial charge is 0.253 e. The van der Waals surface area contributed by atoms with Crippen LogP contribution in [0.1, 0.15) is 40.7 Å². The van der Waals surface area contributed by atoms with E-state index in [4.69, 9.17) is 0 Å². The Bertz CT molecular complexity index is 1210. The summed E-state index contributed by atoms with van der Waals surface area (Å²) in [5.74, 6) is -0.631. The Morgan fingerprint density at radius 3 is 2.80 bits per heavy atom. The van der Waals surface area contributed by atoms with E-state index in [2.05, 4.69) is 16.9 Å².